The van der Waals surface area contributed by atoms with Gasteiger partial charge in [0.15, 0.2) is 0 Å². The molecule has 0 saturated heterocycles. The normalized spacial score (nSPS) is 19.4. The minimum Gasteiger partial charge on any atom is -0.491 e. The minimum atomic E-state index is -0.880. The first-order valence-electron chi connectivity index (χ1n) is 10.7. The maximum Gasteiger partial charge on any atom is 0.513 e. The van der Waals surface area contributed by atoms with Crippen molar-refractivity contribution in [1.82, 2.24) is 0 Å². The number of ether oxygens (including phenoxy) is 6. The molecule has 186 valence electrons. The van der Waals surface area contributed by atoms with Crippen LogP contribution in [0.2, 0.25) is 0 Å². The molecule has 1 aliphatic rings. The summed E-state index contributed by atoms with van der Waals surface area (Å²) in [5, 5.41) is -0.502. The lowest BCUT2D eigenvalue weighted by atomic mass is 9.85. The summed E-state index contributed by atoms with van der Waals surface area (Å²) in [6.07, 6.45) is 0.465. The highest BCUT2D eigenvalue weighted by atomic mass is 35.5. The van der Waals surface area contributed by atoms with Gasteiger partial charge >= 0.3 is 12.3 Å². The lowest BCUT2D eigenvalue weighted by Gasteiger charge is -2.33. The Labute approximate surface area is 203 Å². The third kappa shape index (κ3) is 8.72. The van der Waals surface area contributed by atoms with E-state index in [9.17, 15) is 14.4 Å². The van der Waals surface area contributed by atoms with Crippen LogP contribution in [0.5, 0.6) is 5.75 Å². The Bertz CT molecular complexity index is 843. The van der Waals surface area contributed by atoms with Crippen molar-refractivity contribution >= 4 is 29.2 Å². The fraction of sp³-hybridized carbons (Fsp3) is 0.458. The van der Waals surface area contributed by atoms with Crippen molar-refractivity contribution in [2.24, 2.45) is 5.92 Å². The van der Waals surface area contributed by atoms with Gasteiger partial charge in [-0.1, -0.05) is 13.2 Å². The Hall–Kier alpha value is -3.04. The van der Waals surface area contributed by atoms with Crippen molar-refractivity contribution < 1.29 is 42.8 Å². The molecule has 0 spiro atoms. The van der Waals surface area contributed by atoms with Crippen LogP contribution in [0, 0.1) is 19.8 Å². The van der Waals surface area contributed by atoms with Gasteiger partial charge in [0.25, 0.3) is 5.24 Å². The van der Waals surface area contributed by atoms with Crippen LogP contribution in [-0.4, -0.2) is 49.6 Å². The molecular weight excluding hydrogens is 468 g/mol. The van der Waals surface area contributed by atoms with Gasteiger partial charge in [-0.2, -0.15) is 0 Å². The van der Waals surface area contributed by atoms with Gasteiger partial charge < -0.3 is 28.4 Å². The van der Waals surface area contributed by atoms with E-state index in [4.69, 9.17) is 30.5 Å². The molecule has 2 unspecified atom stereocenters. The van der Waals surface area contributed by atoms with Gasteiger partial charge in [0.2, 0.25) is 0 Å². The van der Waals surface area contributed by atoms with E-state index in [-0.39, 0.29) is 12.5 Å². The van der Waals surface area contributed by atoms with E-state index in [1.54, 1.807) is 26.0 Å². The predicted molar refractivity (Wildman–Crippen MR) is 123 cm³/mol. The van der Waals surface area contributed by atoms with Crippen molar-refractivity contribution in [3.8, 4) is 5.75 Å². The molecule has 0 amide bonds. The van der Waals surface area contributed by atoms with Gasteiger partial charge in [-0.3, -0.25) is 4.79 Å². The summed E-state index contributed by atoms with van der Waals surface area (Å²) in [5.74, 6) is 0.566. The third-order valence-electron chi connectivity index (χ3n) is 5.16. The Morgan fingerprint density at radius 3 is 1.94 bits per heavy atom. The van der Waals surface area contributed by atoms with Crippen molar-refractivity contribution in [2.45, 2.75) is 45.3 Å². The fourth-order valence-corrected chi connectivity index (χ4v) is 4.20. The second-order valence-electron chi connectivity index (χ2n) is 7.75. The highest BCUT2D eigenvalue weighted by molar-refractivity contribution is 6.68. The van der Waals surface area contributed by atoms with Gasteiger partial charge in [-0.15, -0.1) is 0 Å². The molecule has 34 heavy (non-hydrogen) atoms. The second kappa shape index (κ2) is 13.6. The molecule has 0 heterocycles. The number of hydrogen-bond donors (Lipinski definition) is 0. The van der Waals surface area contributed by atoms with Crippen LogP contribution in [0.15, 0.2) is 37.8 Å². The van der Waals surface area contributed by atoms with Crippen LogP contribution in [-0.2, 0) is 23.7 Å². The van der Waals surface area contributed by atoms with Gasteiger partial charge in [0.05, 0.1) is 19.1 Å². The van der Waals surface area contributed by atoms with Crippen LogP contribution in [0.3, 0.4) is 0 Å². The van der Waals surface area contributed by atoms with E-state index in [2.05, 4.69) is 22.6 Å². The summed E-state index contributed by atoms with van der Waals surface area (Å²) in [6, 6.07) is 3.50. The summed E-state index contributed by atoms with van der Waals surface area (Å²) in [4.78, 5) is 34.8. The molecule has 1 aromatic carbocycles. The Morgan fingerprint density at radius 2 is 1.47 bits per heavy atom. The van der Waals surface area contributed by atoms with E-state index in [1.165, 1.54) is 0 Å². The molecular formula is C24H29ClO9. The Balaban J connectivity index is 1.85. The van der Waals surface area contributed by atoms with Crippen molar-refractivity contribution in [3.05, 3.63) is 54.5 Å². The Kier molecular flexibility index (Phi) is 10.9. The number of carbonyl (C=O) groups is 3. The van der Waals surface area contributed by atoms with E-state index < -0.39 is 29.8 Å². The van der Waals surface area contributed by atoms with Crippen LogP contribution in [0.25, 0.3) is 0 Å². The van der Waals surface area contributed by atoms with Crippen molar-refractivity contribution in [3.63, 3.8) is 0 Å². The number of rotatable bonds is 11. The monoisotopic (exact) mass is 496 g/mol. The van der Waals surface area contributed by atoms with Crippen LogP contribution in [0.1, 0.15) is 40.7 Å². The quantitative estimate of drug-likeness (QED) is 0.176. The van der Waals surface area contributed by atoms with E-state index in [0.717, 1.165) is 23.7 Å². The number of benzene rings is 1. The molecule has 0 bridgehead atoms. The molecule has 0 radical (unpaired) electrons. The maximum atomic E-state index is 11.7. The van der Waals surface area contributed by atoms with Crippen LogP contribution in [0.4, 0.5) is 9.59 Å². The molecule has 0 aromatic heterocycles. The zero-order valence-corrected chi connectivity index (χ0v) is 20.0. The summed E-state index contributed by atoms with van der Waals surface area (Å²) >= 11 is 5.62. The largest absolute Gasteiger partial charge is 0.513 e. The molecule has 9 nitrogen and oxygen atoms in total. The lowest BCUT2D eigenvalue weighted by Crippen LogP contribution is -2.37. The number of halogens is 1. The van der Waals surface area contributed by atoms with Gasteiger partial charge in [-0.25, -0.2) is 9.59 Å². The standard InChI is InChI=1S/C24H29ClO9/c1-5-30-23(27)33-19-11-17(12-20(13-19)34-24(28)31-6-2)14-29-7-8-32-18-9-15(3)21(22(25)26)16(4)10-18/h5-6,9-10,17,19-20H,1-2,7-8,11-14H2,3-4H3. The average Bonchev–Trinajstić information content (AvgIpc) is 2.73. The highest BCUT2D eigenvalue weighted by Gasteiger charge is 2.34. The average molecular weight is 497 g/mol. The van der Waals surface area contributed by atoms with Crippen molar-refractivity contribution in [1.29, 1.82) is 0 Å². The zero-order chi connectivity index (χ0) is 25.1. The predicted octanol–water partition coefficient (Wildman–Crippen LogP) is 5.21. The van der Waals surface area contributed by atoms with E-state index in [0.29, 0.717) is 43.8 Å². The van der Waals surface area contributed by atoms with Gasteiger partial charge in [-0.05, 0) is 67.5 Å². The first kappa shape index (κ1) is 27.2. The third-order valence-corrected chi connectivity index (χ3v) is 5.34. The maximum absolute atomic E-state index is 11.7. The molecule has 0 N–H and O–H groups in total. The SMILES string of the molecule is C=COC(=O)OC1CC(COCCOc2cc(C)c(C(=O)Cl)c(C)c2)CC(OC(=O)OC=C)C1. The van der Waals surface area contributed by atoms with E-state index >= 15 is 0 Å². The molecule has 2 rings (SSSR count). The molecule has 1 fully saturated rings. The topological polar surface area (TPSA) is 107 Å². The number of carbonyl (C=O) groups excluding carboxylic acids is 3. The lowest BCUT2D eigenvalue weighted by molar-refractivity contribution is -0.0507. The molecule has 10 heteroatoms. The summed E-state index contributed by atoms with van der Waals surface area (Å²) in [7, 11) is 0. The minimum absolute atomic E-state index is 0.0460. The van der Waals surface area contributed by atoms with Gasteiger partial charge in [0, 0.05) is 18.6 Å². The summed E-state index contributed by atoms with van der Waals surface area (Å²) in [5.41, 5.74) is 1.95. The fourth-order valence-electron chi connectivity index (χ4n) is 3.90. The second-order valence-corrected chi connectivity index (χ2v) is 8.09. The van der Waals surface area contributed by atoms with Gasteiger partial charge in [0.1, 0.15) is 24.6 Å². The molecule has 2 atom stereocenters. The first-order valence-corrected chi connectivity index (χ1v) is 11.1. The Morgan fingerprint density at radius 1 is 0.941 bits per heavy atom. The van der Waals surface area contributed by atoms with Crippen LogP contribution >= 0.6 is 11.6 Å². The molecule has 1 saturated carbocycles. The zero-order valence-electron chi connectivity index (χ0n) is 19.3. The first-order chi connectivity index (χ1) is 16.2. The molecule has 0 aliphatic heterocycles. The smallest absolute Gasteiger partial charge is 0.491 e. The van der Waals surface area contributed by atoms with E-state index in [1.807, 2.05) is 0 Å². The summed E-state index contributed by atoms with van der Waals surface area (Å²) < 4.78 is 31.2. The van der Waals surface area contributed by atoms with Crippen LogP contribution < -0.4 is 4.74 Å². The summed E-state index contributed by atoms with van der Waals surface area (Å²) in [6.45, 7) is 11.1. The number of hydrogen-bond acceptors (Lipinski definition) is 9. The number of aryl methyl sites for hydroxylation is 2. The molecule has 1 aliphatic carbocycles. The molecule has 1 aromatic rings. The van der Waals surface area contributed by atoms with Crippen molar-refractivity contribution in [2.75, 3.05) is 19.8 Å². The highest BCUT2D eigenvalue weighted by Crippen LogP contribution is 2.30.